The average Bonchev–Trinajstić information content (AvgIpc) is 2.72. The molecular weight excluding hydrogens is 344 g/mol. The van der Waals surface area contributed by atoms with Crippen LogP contribution in [0.2, 0.25) is 0 Å². The molecule has 0 unspecified atom stereocenters. The summed E-state index contributed by atoms with van der Waals surface area (Å²) < 4.78 is 5.22. The predicted octanol–water partition coefficient (Wildman–Crippen LogP) is 2.05. The van der Waals surface area contributed by atoms with Crippen molar-refractivity contribution in [3.05, 3.63) is 59.9 Å². The highest BCUT2D eigenvalue weighted by molar-refractivity contribution is 5.85. The van der Waals surface area contributed by atoms with Crippen molar-refractivity contribution < 1.29 is 14.3 Å². The molecule has 1 aromatic carbocycles. The van der Waals surface area contributed by atoms with Gasteiger partial charge < -0.3 is 19.9 Å². The fraction of sp³-hybridized carbons (Fsp3) is 0.350. The molecule has 0 bridgehead atoms. The number of nitrogens with zero attached hydrogens (tertiary/aromatic N) is 3. The summed E-state index contributed by atoms with van der Waals surface area (Å²) in [5, 5.41) is 3.06. The number of carbonyl (C=O) groups is 2. The molecule has 1 aliphatic heterocycles. The van der Waals surface area contributed by atoms with E-state index in [1.807, 2.05) is 43.3 Å². The zero-order valence-electron chi connectivity index (χ0n) is 15.6. The minimum Gasteiger partial charge on any atom is -0.497 e. The first-order valence-corrected chi connectivity index (χ1v) is 8.99. The van der Waals surface area contributed by atoms with Gasteiger partial charge in [-0.05, 0) is 42.3 Å². The third-order valence-corrected chi connectivity index (χ3v) is 4.74. The molecule has 1 aliphatic rings. The Morgan fingerprint density at radius 1 is 1.15 bits per heavy atom. The number of methoxy groups -OCH3 is 1. The molecule has 1 aromatic heterocycles. The Morgan fingerprint density at radius 2 is 1.81 bits per heavy atom. The van der Waals surface area contributed by atoms with E-state index < -0.39 is 0 Å². The van der Waals surface area contributed by atoms with E-state index in [-0.39, 0.29) is 24.5 Å². The molecule has 142 valence electrons. The molecule has 7 nitrogen and oxygen atoms in total. The van der Waals surface area contributed by atoms with Crippen molar-refractivity contribution in [2.45, 2.75) is 13.0 Å². The molecule has 1 fully saturated rings. The summed E-state index contributed by atoms with van der Waals surface area (Å²) >= 11 is 0. The molecule has 0 spiro atoms. The predicted molar refractivity (Wildman–Crippen MR) is 101 cm³/mol. The molecule has 0 aliphatic carbocycles. The van der Waals surface area contributed by atoms with Gasteiger partial charge in [0.05, 0.1) is 13.2 Å². The lowest BCUT2D eigenvalue weighted by molar-refractivity contribution is -0.134. The molecule has 3 amide bonds. The zero-order chi connectivity index (χ0) is 19.2. The van der Waals surface area contributed by atoms with Crippen LogP contribution in [0.15, 0.2) is 48.8 Å². The van der Waals surface area contributed by atoms with Gasteiger partial charge in [-0.2, -0.15) is 0 Å². The monoisotopic (exact) mass is 368 g/mol. The van der Waals surface area contributed by atoms with Crippen molar-refractivity contribution in [2.24, 2.45) is 0 Å². The third kappa shape index (κ3) is 4.36. The highest BCUT2D eigenvalue weighted by Crippen LogP contribution is 2.24. The van der Waals surface area contributed by atoms with Crippen LogP contribution in [0.4, 0.5) is 4.79 Å². The summed E-state index contributed by atoms with van der Waals surface area (Å²) in [6, 6.07) is 10.7. The SMILES string of the molecule is CCN1CCN(C(=O)N[C@@H](c2ccncc2)c2ccc(OC)cc2)CC1=O. The normalized spacial score (nSPS) is 15.4. The number of urea groups is 1. The van der Waals surface area contributed by atoms with Gasteiger partial charge in [0.25, 0.3) is 0 Å². The number of hydrogen-bond acceptors (Lipinski definition) is 4. The standard InChI is InChI=1S/C20H24N4O3/c1-3-23-12-13-24(14-18(23)25)20(26)22-19(16-8-10-21-11-9-16)15-4-6-17(27-2)7-5-15/h4-11,19H,3,12-14H2,1-2H3,(H,22,26)/t19-/m1/s1. The van der Waals surface area contributed by atoms with E-state index in [1.165, 1.54) is 0 Å². The number of ether oxygens (including phenoxy) is 1. The molecule has 2 heterocycles. The van der Waals surface area contributed by atoms with Crippen molar-refractivity contribution in [3.8, 4) is 5.75 Å². The lowest BCUT2D eigenvalue weighted by Crippen LogP contribution is -2.54. The molecule has 1 atom stereocenters. The summed E-state index contributed by atoms with van der Waals surface area (Å²) in [7, 11) is 1.62. The second-order valence-corrected chi connectivity index (χ2v) is 6.33. The van der Waals surface area contributed by atoms with E-state index in [2.05, 4.69) is 10.3 Å². The van der Waals surface area contributed by atoms with Gasteiger partial charge in [-0.15, -0.1) is 0 Å². The van der Waals surface area contributed by atoms with Gasteiger partial charge in [0.2, 0.25) is 5.91 Å². The quantitative estimate of drug-likeness (QED) is 0.877. The Labute approximate surface area is 158 Å². The fourth-order valence-electron chi connectivity index (χ4n) is 3.14. The maximum Gasteiger partial charge on any atom is 0.318 e. The summed E-state index contributed by atoms with van der Waals surface area (Å²) in [5.41, 5.74) is 1.84. The molecule has 1 saturated heterocycles. The van der Waals surface area contributed by atoms with E-state index in [9.17, 15) is 9.59 Å². The van der Waals surface area contributed by atoms with Crippen molar-refractivity contribution in [1.29, 1.82) is 0 Å². The number of benzene rings is 1. The van der Waals surface area contributed by atoms with Crippen molar-refractivity contribution in [2.75, 3.05) is 33.3 Å². The molecule has 0 radical (unpaired) electrons. The van der Waals surface area contributed by atoms with E-state index in [1.54, 1.807) is 29.3 Å². The fourth-order valence-corrected chi connectivity index (χ4v) is 3.14. The van der Waals surface area contributed by atoms with Gasteiger partial charge >= 0.3 is 6.03 Å². The molecule has 7 heteroatoms. The number of aromatic nitrogens is 1. The minimum atomic E-state index is -0.342. The number of nitrogens with one attached hydrogen (secondary N) is 1. The number of carbonyl (C=O) groups excluding carboxylic acids is 2. The van der Waals surface area contributed by atoms with E-state index >= 15 is 0 Å². The van der Waals surface area contributed by atoms with Gasteiger partial charge in [0, 0.05) is 32.0 Å². The van der Waals surface area contributed by atoms with Crippen LogP contribution in [0.3, 0.4) is 0 Å². The van der Waals surface area contributed by atoms with Crippen LogP contribution >= 0.6 is 0 Å². The van der Waals surface area contributed by atoms with Gasteiger partial charge in [0.1, 0.15) is 12.3 Å². The second-order valence-electron chi connectivity index (χ2n) is 6.33. The highest BCUT2D eigenvalue weighted by Gasteiger charge is 2.28. The number of pyridine rings is 1. The first-order chi connectivity index (χ1) is 13.1. The smallest absolute Gasteiger partial charge is 0.318 e. The largest absolute Gasteiger partial charge is 0.497 e. The molecule has 3 rings (SSSR count). The van der Waals surface area contributed by atoms with Crippen LogP contribution in [0.5, 0.6) is 5.75 Å². The molecule has 27 heavy (non-hydrogen) atoms. The Bertz CT molecular complexity index is 780. The number of rotatable bonds is 5. The number of amides is 3. The van der Waals surface area contributed by atoms with Crippen LogP contribution in [0, 0.1) is 0 Å². The maximum atomic E-state index is 12.8. The average molecular weight is 368 g/mol. The Balaban J connectivity index is 1.79. The van der Waals surface area contributed by atoms with E-state index in [0.717, 1.165) is 16.9 Å². The first kappa shape index (κ1) is 18.7. The minimum absolute atomic E-state index is 0.0243. The molecule has 1 N–H and O–H groups in total. The van der Waals surface area contributed by atoms with Crippen molar-refractivity contribution in [1.82, 2.24) is 20.1 Å². The van der Waals surface area contributed by atoms with Crippen molar-refractivity contribution >= 4 is 11.9 Å². The van der Waals surface area contributed by atoms with Gasteiger partial charge in [0.15, 0.2) is 0 Å². The second kappa shape index (κ2) is 8.53. The molecule has 2 aromatic rings. The topological polar surface area (TPSA) is 74.8 Å². The lowest BCUT2D eigenvalue weighted by atomic mass is 9.99. The summed E-state index contributed by atoms with van der Waals surface area (Å²) in [6.07, 6.45) is 3.39. The molecular formula is C20H24N4O3. The van der Waals surface area contributed by atoms with Gasteiger partial charge in [-0.3, -0.25) is 9.78 Å². The van der Waals surface area contributed by atoms with Crippen molar-refractivity contribution in [3.63, 3.8) is 0 Å². The van der Waals surface area contributed by atoms with Crippen LogP contribution in [-0.2, 0) is 4.79 Å². The summed E-state index contributed by atoms with van der Waals surface area (Å²) in [5.74, 6) is 0.726. The number of piperazine rings is 1. The zero-order valence-corrected chi connectivity index (χ0v) is 15.6. The summed E-state index contributed by atoms with van der Waals surface area (Å²) in [4.78, 5) is 32.3. The Kier molecular flexibility index (Phi) is 5.90. The molecule has 0 saturated carbocycles. The van der Waals surface area contributed by atoms with Crippen LogP contribution < -0.4 is 10.1 Å². The maximum absolute atomic E-state index is 12.8. The van der Waals surface area contributed by atoms with Crippen LogP contribution in [0.25, 0.3) is 0 Å². The number of likely N-dealkylation sites (N-methyl/N-ethyl adjacent to an activating group) is 1. The highest BCUT2D eigenvalue weighted by atomic mass is 16.5. The van der Waals surface area contributed by atoms with Crippen LogP contribution in [-0.4, -0.2) is 60.0 Å². The lowest BCUT2D eigenvalue weighted by Gasteiger charge is -2.34. The Hall–Kier alpha value is -3.09. The van der Waals surface area contributed by atoms with Gasteiger partial charge in [-0.25, -0.2) is 4.79 Å². The van der Waals surface area contributed by atoms with Gasteiger partial charge in [-0.1, -0.05) is 12.1 Å². The summed E-state index contributed by atoms with van der Waals surface area (Å²) in [6.45, 7) is 3.80. The number of hydrogen-bond donors (Lipinski definition) is 1. The first-order valence-electron chi connectivity index (χ1n) is 8.99. The Morgan fingerprint density at radius 3 is 2.41 bits per heavy atom. The van der Waals surface area contributed by atoms with E-state index in [4.69, 9.17) is 4.74 Å². The van der Waals surface area contributed by atoms with Crippen LogP contribution in [0.1, 0.15) is 24.1 Å². The van der Waals surface area contributed by atoms with E-state index in [0.29, 0.717) is 19.6 Å². The third-order valence-electron chi connectivity index (χ3n) is 4.74.